The third kappa shape index (κ3) is 5.24. The van der Waals surface area contributed by atoms with Gasteiger partial charge in [0.05, 0.1) is 31.3 Å². The molecule has 0 fully saturated rings. The molecule has 0 aliphatic carbocycles. The highest BCUT2D eigenvalue weighted by molar-refractivity contribution is 6.01. The van der Waals surface area contributed by atoms with Gasteiger partial charge in [-0.15, -0.1) is 12.4 Å². The van der Waals surface area contributed by atoms with E-state index >= 15 is 0 Å². The number of carbonyl (C=O) groups excluding carboxylic acids is 2. The molecule has 182 valence electrons. The molecule has 2 N–H and O–H groups in total. The number of carbonyl (C=O) groups is 2. The van der Waals surface area contributed by atoms with E-state index < -0.39 is 12.1 Å². The summed E-state index contributed by atoms with van der Waals surface area (Å²) in [5, 5.41) is 17.1. The van der Waals surface area contributed by atoms with Gasteiger partial charge in [0, 0.05) is 11.3 Å². The Morgan fingerprint density at radius 3 is 2.69 bits per heavy atom. The van der Waals surface area contributed by atoms with E-state index in [4.69, 9.17) is 4.74 Å². The standard InChI is InChI=1S/C27H28N4O3.ClH/c1-17(29-2)26(32)30-23-12-10-20-6-4-5-7-24(20)31(27(23)33)16-22-21-14-18(15-28)8-9-19(21)11-13-25(22)34-3;/h4-9,11,13-14,17,23,29H,10,12,16H2,1-3H3,(H,30,32);1H. The number of rotatable bonds is 6. The second-order valence-corrected chi connectivity index (χ2v) is 8.46. The predicted octanol–water partition coefficient (Wildman–Crippen LogP) is 3.71. The van der Waals surface area contributed by atoms with E-state index in [1.807, 2.05) is 48.5 Å². The van der Waals surface area contributed by atoms with E-state index in [2.05, 4.69) is 16.7 Å². The minimum Gasteiger partial charge on any atom is -0.496 e. The van der Waals surface area contributed by atoms with Crippen LogP contribution in [0.2, 0.25) is 0 Å². The number of halogens is 1. The number of hydrogen-bond acceptors (Lipinski definition) is 5. The maximum Gasteiger partial charge on any atom is 0.249 e. The summed E-state index contributed by atoms with van der Waals surface area (Å²) in [6, 6.07) is 18.3. The van der Waals surface area contributed by atoms with Crippen LogP contribution < -0.4 is 20.3 Å². The number of likely N-dealkylation sites (N-methyl/N-ethyl adjacent to an activating group) is 1. The minimum atomic E-state index is -0.647. The smallest absolute Gasteiger partial charge is 0.249 e. The van der Waals surface area contributed by atoms with Crippen LogP contribution in [0.4, 0.5) is 5.69 Å². The Hall–Kier alpha value is -3.60. The van der Waals surface area contributed by atoms with Gasteiger partial charge in [-0.05, 0) is 67.4 Å². The number of amides is 2. The lowest BCUT2D eigenvalue weighted by atomic mass is 10.00. The molecule has 3 aromatic rings. The second-order valence-electron chi connectivity index (χ2n) is 8.46. The normalized spacial score (nSPS) is 15.9. The molecule has 3 aromatic carbocycles. The first-order chi connectivity index (χ1) is 16.5. The van der Waals surface area contributed by atoms with Crippen molar-refractivity contribution in [2.75, 3.05) is 19.1 Å². The highest BCUT2D eigenvalue weighted by Crippen LogP contribution is 2.34. The van der Waals surface area contributed by atoms with Crippen molar-refractivity contribution in [3.8, 4) is 11.8 Å². The molecule has 0 radical (unpaired) electrons. The molecule has 0 saturated heterocycles. The molecule has 0 aromatic heterocycles. The summed E-state index contributed by atoms with van der Waals surface area (Å²) in [6.07, 6.45) is 1.18. The van der Waals surface area contributed by atoms with Crippen molar-refractivity contribution in [2.24, 2.45) is 0 Å². The fraction of sp³-hybridized carbons (Fsp3) is 0.296. The van der Waals surface area contributed by atoms with Gasteiger partial charge >= 0.3 is 0 Å². The zero-order valence-electron chi connectivity index (χ0n) is 20.0. The molecule has 1 aliphatic rings. The van der Waals surface area contributed by atoms with Crippen molar-refractivity contribution in [3.63, 3.8) is 0 Å². The summed E-state index contributed by atoms with van der Waals surface area (Å²) < 4.78 is 5.66. The van der Waals surface area contributed by atoms with Crippen LogP contribution in [0.5, 0.6) is 5.75 Å². The van der Waals surface area contributed by atoms with Crippen LogP contribution >= 0.6 is 12.4 Å². The van der Waals surface area contributed by atoms with Crippen LogP contribution in [0.3, 0.4) is 0 Å². The van der Waals surface area contributed by atoms with E-state index in [-0.39, 0.29) is 30.8 Å². The third-order valence-electron chi connectivity index (χ3n) is 6.45. The van der Waals surface area contributed by atoms with Crippen molar-refractivity contribution < 1.29 is 14.3 Å². The number of methoxy groups -OCH3 is 1. The quantitative estimate of drug-likeness (QED) is 0.547. The summed E-state index contributed by atoms with van der Waals surface area (Å²) in [5.74, 6) is 0.256. The molecule has 1 aliphatic heterocycles. The molecule has 0 saturated carbocycles. The molecular weight excluding hydrogens is 464 g/mol. The molecule has 0 bridgehead atoms. The molecule has 4 rings (SSSR count). The van der Waals surface area contributed by atoms with Crippen LogP contribution in [0.1, 0.15) is 30.0 Å². The van der Waals surface area contributed by atoms with Gasteiger partial charge in [-0.2, -0.15) is 5.26 Å². The average Bonchev–Trinajstić information content (AvgIpc) is 3.00. The number of hydrogen-bond donors (Lipinski definition) is 2. The van der Waals surface area contributed by atoms with Gasteiger partial charge in [-0.1, -0.05) is 30.3 Å². The molecule has 2 amide bonds. The van der Waals surface area contributed by atoms with Gasteiger partial charge in [-0.3, -0.25) is 9.59 Å². The molecule has 7 nitrogen and oxygen atoms in total. The van der Waals surface area contributed by atoms with Crippen LogP contribution in [0.15, 0.2) is 54.6 Å². The number of anilines is 1. The first kappa shape index (κ1) is 26.0. The molecule has 2 unspecified atom stereocenters. The number of nitrogens with one attached hydrogen (secondary N) is 2. The van der Waals surface area contributed by atoms with Gasteiger partial charge in [0.15, 0.2) is 0 Å². The maximum absolute atomic E-state index is 13.8. The summed E-state index contributed by atoms with van der Waals surface area (Å²) in [6.45, 7) is 2.01. The highest BCUT2D eigenvalue weighted by Gasteiger charge is 2.33. The highest BCUT2D eigenvalue weighted by atomic mass is 35.5. The number of nitriles is 1. The van der Waals surface area contributed by atoms with Crippen molar-refractivity contribution in [1.82, 2.24) is 10.6 Å². The number of nitrogens with zero attached hydrogens (tertiary/aromatic N) is 2. The largest absolute Gasteiger partial charge is 0.496 e. The summed E-state index contributed by atoms with van der Waals surface area (Å²) in [5.41, 5.74) is 3.22. The lowest BCUT2D eigenvalue weighted by Crippen LogP contribution is -2.52. The monoisotopic (exact) mass is 492 g/mol. The first-order valence-corrected chi connectivity index (χ1v) is 11.3. The van der Waals surface area contributed by atoms with Crippen molar-refractivity contribution in [1.29, 1.82) is 5.26 Å². The molecule has 2 atom stereocenters. The Labute approximate surface area is 211 Å². The zero-order valence-corrected chi connectivity index (χ0v) is 20.8. The third-order valence-corrected chi connectivity index (χ3v) is 6.45. The number of fused-ring (bicyclic) bond motifs is 2. The van der Waals surface area contributed by atoms with Gasteiger partial charge in [0.1, 0.15) is 11.8 Å². The SMILES string of the molecule is CNC(C)C(=O)NC1CCc2ccccc2N(Cc2c(OC)ccc3ccc(C#N)cc23)C1=O.Cl. The van der Waals surface area contributed by atoms with E-state index in [0.29, 0.717) is 24.2 Å². The lowest BCUT2D eigenvalue weighted by Gasteiger charge is -2.28. The molecule has 1 heterocycles. The lowest BCUT2D eigenvalue weighted by molar-refractivity contribution is -0.128. The van der Waals surface area contributed by atoms with Gasteiger partial charge in [0.2, 0.25) is 11.8 Å². The topological polar surface area (TPSA) is 94.5 Å². The van der Waals surface area contributed by atoms with Gasteiger partial charge < -0.3 is 20.3 Å². The summed E-state index contributed by atoms with van der Waals surface area (Å²) in [4.78, 5) is 28.1. The summed E-state index contributed by atoms with van der Waals surface area (Å²) >= 11 is 0. The predicted molar refractivity (Wildman–Crippen MR) is 139 cm³/mol. The van der Waals surface area contributed by atoms with Crippen LogP contribution in [0, 0.1) is 11.3 Å². The van der Waals surface area contributed by atoms with E-state index in [1.54, 1.807) is 32.0 Å². The zero-order chi connectivity index (χ0) is 24.2. The number of aryl methyl sites for hydroxylation is 1. The van der Waals surface area contributed by atoms with E-state index in [9.17, 15) is 14.9 Å². The maximum atomic E-state index is 13.8. The van der Waals surface area contributed by atoms with Gasteiger partial charge in [-0.25, -0.2) is 0 Å². The number of para-hydroxylation sites is 1. The fourth-order valence-electron chi connectivity index (χ4n) is 4.38. The van der Waals surface area contributed by atoms with Crippen LogP contribution in [0.25, 0.3) is 10.8 Å². The van der Waals surface area contributed by atoms with Crippen molar-refractivity contribution in [3.05, 3.63) is 71.3 Å². The van der Waals surface area contributed by atoms with Gasteiger partial charge in [0.25, 0.3) is 0 Å². The second kappa shape index (κ2) is 11.2. The molecular formula is C27H29ClN4O3. The number of ether oxygens (including phenoxy) is 1. The van der Waals surface area contributed by atoms with Crippen molar-refractivity contribution >= 4 is 40.7 Å². The van der Waals surface area contributed by atoms with Crippen LogP contribution in [-0.2, 0) is 22.6 Å². The Morgan fingerprint density at radius 2 is 1.97 bits per heavy atom. The molecule has 8 heteroatoms. The Morgan fingerprint density at radius 1 is 1.23 bits per heavy atom. The summed E-state index contributed by atoms with van der Waals surface area (Å²) in [7, 11) is 3.31. The van der Waals surface area contributed by atoms with Crippen molar-refractivity contribution in [2.45, 2.75) is 38.4 Å². The first-order valence-electron chi connectivity index (χ1n) is 11.3. The average molecular weight is 493 g/mol. The van der Waals surface area contributed by atoms with E-state index in [0.717, 1.165) is 27.6 Å². The fourth-order valence-corrected chi connectivity index (χ4v) is 4.38. The molecule has 35 heavy (non-hydrogen) atoms. The minimum absolute atomic E-state index is 0. The van der Waals surface area contributed by atoms with Crippen LogP contribution in [-0.4, -0.2) is 38.1 Å². The Bertz CT molecular complexity index is 1290. The number of benzene rings is 3. The Kier molecular flexibility index (Phi) is 8.34. The van der Waals surface area contributed by atoms with E-state index in [1.165, 1.54) is 0 Å². The Balaban J connectivity index is 0.00000342. The molecule has 0 spiro atoms.